The molecule has 1 heterocycles. The second kappa shape index (κ2) is 8.72. The van der Waals surface area contributed by atoms with E-state index in [4.69, 9.17) is 20.3 Å². The quantitative estimate of drug-likeness (QED) is 0.375. The van der Waals surface area contributed by atoms with Crippen molar-refractivity contribution in [3.05, 3.63) is 42.4 Å². The normalized spacial score (nSPS) is 32.2. The van der Waals surface area contributed by atoms with E-state index < -0.39 is 16.4 Å². The molecule has 0 amide bonds. The van der Waals surface area contributed by atoms with E-state index >= 15 is 0 Å². The van der Waals surface area contributed by atoms with Crippen molar-refractivity contribution >= 4 is 28.7 Å². The molecule has 3 saturated carbocycles. The van der Waals surface area contributed by atoms with Gasteiger partial charge in [0.25, 0.3) is 0 Å². The Morgan fingerprint density at radius 3 is 2.21 bits per heavy atom. The molecule has 3 aliphatic carbocycles. The van der Waals surface area contributed by atoms with Gasteiger partial charge in [-0.25, -0.2) is 0 Å². The second-order valence-corrected chi connectivity index (χ2v) is 23.0. The van der Waals surface area contributed by atoms with Gasteiger partial charge in [-0.3, -0.25) is 0 Å². The zero-order valence-corrected chi connectivity index (χ0v) is 25.3. The van der Waals surface area contributed by atoms with E-state index in [1.807, 2.05) is 0 Å². The number of hydrogen-bond donors (Lipinski definition) is 0. The van der Waals surface area contributed by atoms with Gasteiger partial charge in [0.2, 0.25) is 0 Å². The van der Waals surface area contributed by atoms with Gasteiger partial charge in [-0.05, 0) is 68.0 Å². The molecule has 0 radical (unpaired) electrons. The Kier molecular flexibility index (Phi) is 6.77. The first-order valence-electron chi connectivity index (χ1n) is 13.3. The van der Waals surface area contributed by atoms with Crippen LogP contribution in [0.1, 0.15) is 47.5 Å². The largest absolute Gasteiger partial charge is 0.489 e. The summed E-state index contributed by atoms with van der Waals surface area (Å²) in [6.45, 7) is 28.3. The third kappa shape index (κ3) is 4.36. The molecule has 1 saturated heterocycles. The SMILES string of the molecule is C=C(B1O[C@H]2C[C@H]3C[C@H](C3(C)C)[C@@]2(C)O1)[C@H]([C@@H](O[Si](C)(C)C)C(C)C)[Si](C)(C)c1ccccc1. The highest BCUT2D eigenvalue weighted by Crippen LogP contribution is 2.66. The Labute approximate surface area is 211 Å². The maximum atomic E-state index is 6.96. The molecule has 6 atom stereocenters. The highest BCUT2D eigenvalue weighted by Gasteiger charge is 2.68. The summed E-state index contributed by atoms with van der Waals surface area (Å²) >= 11 is 0. The Hall–Kier alpha value is -0.661. The van der Waals surface area contributed by atoms with Crippen molar-refractivity contribution < 1.29 is 13.7 Å². The molecule has 4 aliphatic rings. The average Bonchev–Trinajstić information content (AvgIpc) is 3.09. The Morgan fingerprint density at radius 1 is 1.06 bits per heavy atom. The lowest BCUT2D eigenvalue weighted by Gasteiger charge is -2.64. The number of hydrogen-bond acceptors (Lipinski definition) is 3. The maximum absolute atomic E-state index is 6.96. The Bertz CT molecular complexity index is 910. The van der Waals surface area contributed by atoms with Gasteiger partial charge >= 0.3 is 7.12 Å². The van der Waals surface area contributed by atoms with E-state index in [1.54, 1.807) is 0 Å². The average molecular weight is 499 g/mol. The van der Waals surface area contributed by atoms with Crippen LogP contribution < -0.4 is 5.19 Å². The van der Waals surface area contributed by atoms with Crippen LogP contribution in [0.25, 0.3) is 0 Å². The zero-order chi connectivity index (χ0) is 25.3. The summed E-state index contributed by atoms with van der Waals surface area (Å²) in [5, 5.41) is 1.44. The van der Waals surface area contributed by atoms with Gasteiger partial charge in [0, 0.05) is 5.54 Å². The minimum Gasteiger partial charge on any atom is -0.414 e. The summed E-state index contributed by atoms with van der Waals surface area (Å²) in [6, 6.07) is 11.0. The molecule has 5 rings (SSSR count). The van der Waals surface area contributed by atoms with E-state index in [2.05, 4.69) is 97.7 Å². The highest BCUT2D eigenvalue weighted by atomic mass is 28.4. The van der Waals surface area contributed by atoms with Crippen molar-refractivity contribution in [3.8, 4) is 0 Å². The summed E-state index contributed by atoms with van der Waals surface area (Å²) in [5.41, 5.74) is 1.42. The van der Waals surface area contributed by atoms with Crippen LogP contribution in [0.5, 0.6) is 0 Å². The Balaban J connectivity index is 1.70. The van der Waals surface area contributed by atoms with Crippen LogP contribution in [0.15, 0.2) is 42.4 Å². The van der Waals surface area contributed by atoms with Crippen molar-refractivity contribution in [2.75, 3.05) is 0 Å². The van der Waals surface area contributed by atoms with Crippen molar-refractivity contribution in [1.82, 2.24) is 0 Å². The molecule has 1 aromatic carbocycles. The molecule has 0 spiro atoms. The van der Waals surface area contributed by atoms with Gasteiger partial charge in [0.15, 0.2) is 8.32 Å². The van der Waals surface area contributed by atoms with Gasteiger partial charge in [-0.2, -0.15) is 0 Å². The third-order valence-corrected chi connectivity index (χ3v) is 14.5. The van der Waals surface area contributed by atoms with Gasteiger partial charge in [0.05, 0.1) is 25.9 Å². The molecule has 0 aromatic heterocycles. The summed E-state index contributed by atoms with van der Waals surface area (Å²) in [6.07, 6.45) is 2.65. The molecule has 6 heteroatoms. The first-order valence-corrected chi connectivity index (χ1v) is 19.8. The molecular formula is C28H47BO3Si2. The van der Waals surface area contributed by atoms with E-state index in [-0.39, 0.29) is 30.5 Å². The lowest BCUT2D eigenvalue weighted by atomic mass is 9.43. The highest BCUT2D eigenvalue weighted by molar-refractivity contribution is 6.92. The maximum Gasteiger partial charge on any atom is 0.489 e. The molecule has 0 N–H and O–H groups in total. The lowest BCUT2D eigenvalue weighted by Crippen LogP contribution is -2.65. The van der Waals surface area contributed by atoms with Crippen LogP contribution in [0.2, 0.25) is 38.3 Å². The van der Waals surface area contributed by atoms with Crippen LogP contribution in [0.3, 0.4) is 0 Å². The van der Waals surface area contributed by atoms with Crippen LogP contribution in [-0.2, 0) is 13.7 Å². The van der Waals surface area contributed by atoms with Crippen LogP contribution >= 0.6 is 0 Å². The lowest BCUT2D eigenvalue weighted by molar-refractivity contribution is -0.199. The van der Waals surface area contributed by atoms with Gasteiger partial charge in [0.1, 0.15) is 0 Å². The van der Waals surface area contributed by atoms with Crippen molar-refractivity contribution in [1.29, 1.82) is 0 Å². The molecule has 0 unspecified atom stereocenters. The van der Waals surface area contributed by atoms with Gasteiger partial charge in [-0.15, -0.1) is 6.58 Å². The fraction of sp³-hybridized carbons (Fsp3) is 0.714. The minimum atomic E-state index is -2.04. The van der Waals surface area contributed by atoms with E-state index in [9.17, 15) is 0 Å². The molecular weight excluding hydrogens is 451 g/mol. The van der Waals surface area contributed by atoms with Crippen LogP contribution in [-0.4, -0.2) is 41.3 Å². The van der Waals surface area contributed by atoms with E-state index in [1.165, 1.54) is 11.6 Å². The molecule has 4 fully saturated rings. The standard InChI is InChI=1S/C28H47BO3Si2/c1-19(2)25(31-33(7,8)9)26(34(10,11)22-15-13-12-14-16-22)20(3)29-30-24-18-21-17-23(27(21,4)5)28(24,6)32-29/h12-16,19,21,23-26H,3,17-18H2,1-2,4-11H3/t21-,23-,24+,25+,26-,28-/m1/s1. The monoisotopic (exact) mass is 498 g/mol. The summed E-state index contributed by atoms with van der Waals surface area (Å²) in [7, 11) is -4.17. The van der Waals surface area contributed by atoms with Crippen molar-refractivity contribution in [2.45, 2.75) is 104 Å². The fourth-order valence-corrected chi connectivity index (χ4v) is 12.4. The molecule has 1 aromatic rings. The summed E-state index contributed by atoms with van der Waals surface area (Å²) in [5.74, 6) is 1.68. The topological polar surface area (TPSA) is 27.7 Å². The smallest absolute Gasteiger partial charge is 0.414 e. The number of rotatable bonds is 8. The van der Waals surface area contributed by atoms with Crippen LogP contribution in [0.4, 0.5) is 0 Å². The van der Waals surface area contributed by atoms with E-state index in [0.29, 0.717) is 17.3 Å². The minimum absolute atomic E-state index is 0.105. The number of benzene rings is 1. The second-order valence-electron chi connectivity index (χ2n) is 13.9. The Morgan fingerprint density at radius 2 is 1.68 bits per heavy atom. The fourth-order valence-electron chi connectivity index (χ4n) is 7.30. The van der Waals surface area contributed by atoms with Gasteiger partial charge in [-0.1, -0.05) is 76.3 Å². The molecule has 34 heavy (non-hydrogen) atoms. The molecule has 2 bridgehead atoms. The third-order valence-electron chi connectivity index (χ3n) is 9.42. The summed E-state index contributed by atoms with van der Waals surface area (Å²) < 4.78 is 20.6. The molecule has 1 aliphatic heterocycles. The predicted molar refractivity (Wildman–Crippen MR) is 150 cm³/mol. The van der Waals surface area contributed by atoms with E-state index in [0.717, 1.165) is 17.8 Å². The van der Waals surface area contributed by atoms with Gasteiger partial charge < -0.3 is 13.7 Å². The molecule has 3 nitrogen and oxygen atoms in total. The zero-order valence-electron chi connectivity index (χ0n) is 23.3. The molecule has 188 valence electrons. The predicted octanol–water partition coefficient (Wildman–Crippen LogP) is 6.67. The van der Waals surface area contributed by atoms with Crippen molar-refractivity contribution in [2.24, 2.45) is 23.2 Å². The van der Waals surface area contributed by atoms with Crippen molar-refractivity contribution in [3.63, 3.8) is 0 Å². The first-order chi connectivity index (χ1) is 15.6. The van der Waals surface area contributed by atoms with Crippen LogP contribution in [0, 0.1) is 23.2 Å². The summed E-state index contributed by atoms with van der Waals surface area (Å²) in [4.78, 5) is 0. The first kappa shape index (κ1) is 26.4.